The number of amides is 1. The van der Waals surface area contributed by atoms with Crippen molar-refractivity contribution in [2.24, 2.45) is 0 Å². The molecule has 0 radical (unpaired) electrons. The molecular weight excluding hydrogens is 375 g/mol. The van der Waals surface area contributed by atoms with Gasteiger partial charge in [0.1, 0.15) is 10.8 Å². The van der Waals surface area contributed by atoms with Gasteiger partial charge in [0.15, 0.2) is 5.11 Å². The minimum atomic E-state index is -0.455. The molecular formula is C18H17FN2O3S2. The summed E-state index contributed by atoms with van der Waals surface area (Å²) in [6.45, 7) is 0. The molecule has 1 heterocycles. The molecule has 0 saturated carbocycles. The third-order valence-corrected chi connectivity index (χ3v) is 5.53. The first-order valence-corrected chi connectivity index (χ1v) is 9.33. The molecule has 2 aromatic rings. The van der Waals surface area contributed by atoms with Gasteiger partial charge in [-0.1, -0.05) is 0 Å². The van der Waals surface area contributed by atoms with E-state index in [4.69, 9.17) is 17.0 Å². The zero-order valence-electron chi connectivity index (χ0n) is 14.1. The Bertz CT molecular complexity index is 862. The Hall–Kier alpha value is -2.32. The number of esters is 1. The van der Waals surface area contributed by atoms with Crippen LogP contribution in [0.5, 0.6) is 0 Å². The fraction of sp³-hybridized carbons (Fsp3) is 0.278. The van der Waals surface area contributed by atoms with E-state index in [0.717, 1.165) is 36.1 Å². The summed E-state index contributed by atoms with van der Waals surface area (Å²) >= 11 is 6.66. The fourth-order valence-corrected chi connectivity index (χ4v) is 4.42. The summed E-state index contributed by atoms with van der Waals surface area (Å²) in [4.78, 5) is 25.5. The highest BCUT2D eigenvalue weighted by Crippen LogP contribution is 2.38. The van der Waals surface area contributed by atoms with E-state index in [2.05, 4.69) is 10.6 Å². The highest BCUT2D eigenvalue weighted by atomic mass is 32.1. The third-order valence-electron chi connectivity index (χ3n) is 4.12. The molecule has 0 unspecified atom stereocenters. The Morgan fingerprint density at radius 2 is 1.88 bits per heavy atom. The molecule has 8 heteroatoms. The molecule has 1 amide bonds. The van der Waals surface area contributed by atoms with Crippen LogP contribution in [-0.4, -0.2) is 24.1 Å². The van der Waals surface area contributed by atoms with E-state index in [1.807, 2.05) is 0 Å². The van der Waals surface area contributed by atoms with Gasteiger partial charge in [-0.25, -0.2) is 9.18 Å². The summed E-state index contributed by atoms with van der Waals surface area (Å²) in [5.41, 5.74) is 1.78. The number of rotatable bonds is 3. The van der Waals surface area contributed by atoms with E-state index < -0.39 is 17.7 Å². The van der Waals surface area contributed by atoms with Crippen molar-refractivity contribution in [3.63, 3.8) is 0 Å². The molecule has 1 aromatic heterocycles. The Balaban J connectivity index is 1.76. The lowest BCUT2D eigenvalue weighted by Gasteiger charge is -2.12. The quantitative estimate of drug-likeness (QED) is 0.616. The van der Waals surface area contributed by atoms with Gasteiger partial charge in [0.05, 0.1) is 12.7 Å². The number of hydrogen-bond acceptors (Lipinski definition) is 5. The molecule has 1 aliphatic rings. The van der Waals surface area contributed by atoms with Gasteiger partial charge in [0.2, 0.25) is 0 Å². The second-order valence-corrected chi connectivity index (χ2v) is 7.34. The molecule has 0 saturated heterocycles. The van der Waals surface area contributed by atoms with Crippen molar-refractivity contribution in [3.8, 4) is 0 Å². The minimum absolute atomic E-state index is 0.0723. The number of thiophene rings is 1. The summed E-state index contributed by atoms with van der Waals surface area (Å²) in [5.74, 6) is -1.29. The first-order valence-electron chi connectivity index (χ1n) is 8.10. The normalized spacial score (nSPS) is 12.8. The van der Waals surface area contributed by atoms with Crippen LogP contribution < -0.4 is 10.6 Å². The maximum atomic E-state index is 13.0. The first-order chi connectivity index (χ1) is 12.5. The number of thiocarbonyl (C=S) groups is 1. The van der Waals surface area contributed by atoms with Crippen LogP contribution in [0.1, 0.15) is 44.0 Å². The number of carbonyl (C=O) groups excluding carboxylic acids is 2. The average Bonchev–Trinajstić information content (AvgIpc) is 2.99. The number of fused-ring (bicyclic) bond motifs is 1. The molecule has 0 bridgehead atoms. The summed E-state index contributed by atoms with van der Waals surface area (Å²) in [7, 11) is 1.34. The molecule has 1 aliphatic carbocycles. The van der Waals surface area contributed by atoms with Crippen molar-refractivity contribution < 1.29 is 18.7 Å². The molecule has 0 aliphatic heterocycles. The van der Waals surface area contributed by atoms with Crippen molar-refractivity contribution in [3.05, 3.63) is 51.7 Å². The molecule has 5 nitrogen and oxygen atoms in total. The van der Waals surface area contributed by atoms with E-state index in [9.17, 15) is 14.0 Å². The number of carbonyl (C=O) groups is 2. The Morgan fingerprint density at radius 1 is 1.19 bits per heavy atom. The van der Waals surface area contributed by atoms with Crippen LogP contribution in [0.4, 0.5) is 9.39 Å². The molecule has 0 spiro atoms. The Kier molecular flexibility index (Phi) is 5.63. The summed E-state index contributed by atoms with van der Waals surface area (Å²) in [6.07, 6.45) is 3.85. The number of nitrogens with one attached hydrogen (secondary N) is 2. The molecule has 136 valence electrons. The van der Waals surface area contributed by atoms with Gasteiger partial charge >= 0.3 is 5.97 Å². The zero-order chi connectivity index (χ0) is 18.7. The van der Waals surface area contributed by atoms with Crippen LogP contribution >= 0.6 is 23.6 Å². The summed E-state index contributed by atoms with van der Waals surface area (Å²) in [5, 5.41) is 6.13. The van der Waals surface area contributed by atoms with Crippen molar-refractivity contribution in [1.82, 2.24) is 5.32 Å². The van der Waals surface area contributed by atoms with E-state index in [0.29, 0.717) is 10.6 Å². The van der Waals surface area contributed by atoms with Crippen molar-refractivity contribution in [2.45, 2.75) is 25.7 Å². The number of halogens is 1. The molecule has 2 N–H and O–H groups in total. The Morgan fingerprint density at radius 3 is 2.58 bits per heavy atom. The molecule has 3 rings (SSSR count). The van der Waals surface area contributed by atoms with Crippen molar-refractivity contribution >= 4 is 45.5 Å². The number of anilines is 1. The van der Waals surface area contributed by atoms with Crippen LogP contribution in [0.2, 0.25) is 0 Å². The number of benzene rings is 1. The average molecular weight is 392 g/mol. The number of ether oxygens (including phenoxy) is 1. The second kappa shape index (κ2) is 7.92. The minimum Gasteiger partial charge on any atom is -0.465 e. The lowest BCUT2D eigenvalue weighted by atomic mass is 9.95. The monoisotopic (exact) mass is 392 g/mol. The standard InChI is InChI=1S/C18H17FN2O3S2/c1-24-17(23)14-12-4-2-3-5-13(12)26-16(14)21-18(25)20-15(22)10-6-8-11(19)9-7-10/h6-9H,2-5H2,1H3,(H2,20,21,22,25). The fourth-order valence-electron chi connectivity index (χ4n) is 2.88. The van der Waals surface area contributed by atoms with Crippen LogP contribution in [0.25, 0.3) is 0 Å². The maximum absolute atomic E-state index is 13.0. The van der Waals surface area contributed by atoms with Gasteiger partial charge in [-0.05, 0) is 67.7 Å². The number of methoxy groups -OCH3 is 1. The third kappa shape index (κ3) is 3.91. The largest absolute Gasteiger partial charge is 0.465 e. The highest BCUT2D eigenvalue weighted by Gasteiger charge is 2.26. The maximum Gasteiger partial charge on any atom is 0.341 e. The van der Waals surface area contributed by atoms with Gasteiger partial charge in [0.25, 0.3) is 5.91 Å². The first kappa shape index (κ1) is 18.5. The number of hydrogen-bond donors (Lipinski definition) is 2. The van der Waals surface area contributed by atoms with E-state index in [1.54, 1.807) is 0 Å². The number of aryl methyl sites for hydroxylation is 1. The van der Waals surface area contributed by atoms with E-state index >= 15 is 0 Å². The summed E-state index contributed by atoms with van der Waals surface area (Å²) < 4.78 is 17.9. The van der Waals surface area contributed by atoms with E-state index in [-0.39, 0.29) is 10.7 Å². The van der Waals surface area contributed by atoms with Crippen LogP contribution in [-0.2, 0) is 17.6 Å². The second-order valence-electron chi connectivity index (χ2n) is 5.82. The molecule has 1 aromatic carbocycles. The lowest BCUT2D eigenvalue weighted by molar-refractivity contribution is 0.0601. The predicted molar refractivity (Wildman–Crippen MR) is 102 cm³/mol. The predicted octanol–water partition coefficient (Wildman–Crippen LogP) is 3.68. The van der Waals surface area contributed by atoms with Gasteiger partial charge in [-0.3, -0.25) is 10.1 Å². The van der Waals surface area contributed by atoms with Crippen LogP contribution in [0.15, 0.2) is 24.3 Å². The highest BCUT2D eigenvalue weighted by molar-refractivity contribution is 7.80. The van der Waals surface area contributed by atoms with Crippen molar-refractivity contribution in [2.75, 3.05) is 12.4 Å². The van der Waals surface area contributed by atoms with Crippen molar-refractivity contribution in [1.29, 1.82) is 0 Å². The smallest absolute Gasteiger partial charge is 0.341 e. The van der Waals surface area contributed by atoms with Gasteiger partial charge in [-0.2, -0.15) is 0 Å². The van der Waals surface area contributed by atoms with Crippen LogP contribution in [0, 0.1) is 5.82 Å². The van der Waals surface area contributed by atoms with Gasteiger partial charge < -0.3 is 10.1 Å². The topological polar surface area (TPSA) is 67.4 Å². The zero-order valence-corrected chi connectivity index (χ0v) is 15.7. The molecule has 26 heavy (non-hydrogen) atoms. The van der Waals surface area contributed by atoms with Crippen LogP contribution in [0.3, 0.4) is 0 Å². The molecule has 0 fully saturated rings. The summed E-state index contributed by atoms with van der Waals surface area (Å²) in [6, 6.07) is 5.15. The van der Waals surface area contributed by atoms with E-state index in [1.165, 1.54) is 42.7 Å². The lowest BCUT2D eigenvalue weighted by Crippen LogP contribution is -2.34. The van der Waals surface area contributed by atoms with Gasteiger partial charge in [-0.15, -0.1) is 11.3 Å². The Labute approximate surface area is 159 Å². The molecule has 0 atom stereocenters. The SMILES string of the molecule is COC(=O)c1c(NC(=S)NC(=O)c2ccc(F)cc2)sc2c1CCCC2. The van der Waals surface area contributed by atoms with Gasteiger partial charge in [0, 0.05) is 10.4 Å².